The number of amides is 1. The summed E-state index contributed by atoms with van der Waals surface area (Å²) in [6.45, 7) is 2.30. The molecule has 0 spiro atoms. The van der Waals surface area contributed by atoms with Crippen LogP contribution in [0.15, 0.2) is 0 Å². The Bertz CT molecular complexity index is 205. The van der Waals surface area contributed by atoms with Crippen LogP contribution >= 0.6 is 0 Å². The van der Waals surface area contributed by atoms with Crippen molar-refractivity contribution in [2.75, 3.05) is 6.61 Å². The van der Waals surface area contributed by atoms with Gasteiger partial charge in [0.15, 0.2) is 0 Å². The highest BCUT2D eigenvalue weighted by Gasteiger charge is 2.34. The predicted molar refractivity (Wildman–Crippen MR) is 54.0 cm³/mol. The second-order valence-corrected chi connectivity index (χ2v) is 4.58. The topological polar surface area (TPSA) is 38.3 Å². The van der Waals surface area contributed by atoms with E-state index < -0.39 is 0 Å². The third-order valence-electron chi connectivity index (χ3n) is 3.48. The maximum atomic E-state index is 11.2. The van der Waals surface area contributed by atoms with E-state index in [4.69, 9.17) is 4.74 Å². The molecule has 1 unspecified atom stereocenters. The van der Waals surface area contributed by atoms with Crippen molar-refractivity contribution in [2.45, 2.75) is 45.1 Å². The van der Waals surface area contributed by atoms with Crippen molar-refractivity contribution < 1.29 is 9.53 Å². The van der Waals surface area contributed by atoms with Crippen LogP contribution in [0.25, 0.3) is 0 Å². The van der Waals surface area contributed by atoms with Crippen molar-refractivity contribution in [3.8, 4) is 0 Å². The fourth-order valence-corrected chi connectivity index (χ4v) is 2.96. The fourth-order valence-electron chi connectivity index (χ4n) is 2.96. The highest BCUT2D eigenvalue weighted by Crippen LogP contribution is 2.41. The van der Waals surface area contributed by atoms with Gasteiger partial charge in [0.05, 0.1) is 6.61 Å². The molecule has 1 N–H and O–H groups in total. The first-order valence-corrected chi connectivity index (χ1v) is 5.71. The summed E-state index contributed by atoms with van der Waals surface area (Å²) in [5.74, 6) is 1.72. The third-order valence-corrected chi connectivity index (χ3v) is 3.48. The minimum Gasteiger partial charge on any atom is -0.450 e. The summed E-state index contributed by atoms with van der Waals surface area (Å²) in [5, 5.41) is 2.96. The number of rotatable bonds is 2. The number of carbonyl (C=O) groups excluding carboxylic acids is 1. The van der Waals surface area contributed by atoms with E-state index in [-0.39, 0.29) is 6.09 Å². The first-order valence-electron chi connectivity index (χ1n) is 5.71. The molecule has 0 aromatic rings. The molecule has 0 aromatic carbocycles. The molecule has 3 nitrogen and oxygen atoms in total. The van der Waals surface area contributed by atoms with Crippen molar-refractivity contribution in [1.29, 1.82) is 0 Å². The first-order chi connectivity index (χ1) is 6.78. The Balaban J connectivity index is 1.79. The molecule has 0 radical (unpaired) electrons. The molecule has 80 valence electrons. The fraction of sp³-hybridized carbons (Fsp3) is 0.909. The van der Waals surface area contributed by atoms with E-state index in [0.717, 1.165) is 24.7 Å². The van der Waals surface area contributed by atoms with Gasteiger partial charge in [-0.05, 0) is 38.0 Å². The zero-order chi connectivity index (χ0) is 9.97. The largest absolute Gasteiger partial charge is 0.450 e. The monoisotopic (exact) mass is 197 g/mol. The lowest BCUT2D eigenvalue weighted by Gasteiger charge is -2.27. The lowest BCUT2D eigenvalue weighted by Crippen LogP contribution is -2.39. The Morgan fingerprint density at radius 1 is 1.29 bits per heavy atom. The molecule has 0 aliphatic heterocycles. The van der Waals surface area contributed by atoms with Gasteiger partial charge >= 0.3 is 6.09 Å². The van der Waals surface area contributed by atoms with Crippen LogP contribution < -0.4 is 5.32 Å². The summed E-state index contributed by atoms with van der Waals surface area (Å²) in [4.78, 5) is 11.2. The van der Waals surface area contributed by atoms with Gasteiger partial charge in [-0.15, -0.1) is 0 Å². The summed E-state index contributed by atoms with van der Waals surface area (Å²) >= 11 is 0. The van der Waals surface area contributed by atoms with Gasteiger partial charge in [0, 0.05) is 6.04 Å². The summed E-state index contributed by atoms with van der Waals surface area (Å²) in [5.41, 5.74) is 0. The van der Waals surface area contributed by atoms with Gasteiger partial charge in [0.2, 0.25) is 0 Å². The number of alkyl carbamates (subject to hydrolysis) is 1. The molecule has 2 fully saturated rings. The Morgan fingerprint density at radius 2 is 1.93 bits per heavy atom. The van der Waals surface area contributed by atoms with Gasteiger partial charge in [0.25, 0.3) is 0 Å². The standard InChI is InChI=1S/C11H19NO2/c1-2-14-11(13)12-10-6-8-3-4-9(5-8)7-10/h8-10H,2-7H2,1H3,(H,12,13)/t8-,9+,10?. The number of hydrogen-bond acceptors (Lipinski definition) is 2. The highest BCUT2D eigenvalue weighted by atomic mass is 16.5. The smallest absolute Gasteiger partial charge is 0.407 e. The minimum atomic E-state index is -0.237. The van der Waals surface area contributed by atoms with Crippen molar-refractivity contribution in [1.82, 2.24) is 5.32 Å². The molecule has 2 saturated carbocycles. The van der Waals surface area contributed by atoms with Crippen LogP contribution in [0, 0.1) is 11.8 Å². The van der Waals surface area contributed by atoms with Gasteiger partial charge in [0.1, 0.15) is 0 Å². The van der Waals surface area contributed by atoms with Crippen molar-refractivity contribution in [3.63, 3.8) is 0 Å². The first kappa shape index (κ1) is 9.81. The van der Waals surface area contributed by atoms with Crippen LogP contribution in [0.1, 0.15) is 39.0 Å². The van der Waals surface area contributed by atoms with Gasteiger partial charge in [-0.1, -0.05) is 12.8 Å². The maximum Gasteiger partial charge on any atom is 0.407 e. The summed E-state index contributed by atoms with van der Waals surface area (Å²) < 4.78 is 4.89. The zero-order valence-electron chi connectivity index (χ0n) is 8.79. The minimum absolute atomic E-state index is 0.237. The van der Waals surface area contributed by atoms with E-state index in [1.807, 2.05) is 6.92 Å². The van der Waals surface area contributed by atoms with Crippen molar-refractivity contribution in [3.05, 3.63) is 0 Å². The molecular weight excluding hydrogens is 178 g/mol. The van der Waals surface area contributed by atoms with Gasteiger partial charge in [-0.3, -0.25) is 0 Å². The molecule has 14 heavy (non-hydrogen) atoms. The normalized spacial score (nSPS) is 35.4. The number of fused-ring (bicyclic) bond motifs is 2. The summed E-state index contributed by atoms with van der Waals surface area (Å²) in [6, 6.07) is 0.375. The molecule has 2 aliphatic rings. The quantitative estimate of drug-likeness (QED) is 0.737. The van der Waals surface area contributed by atoms with Crippen LogP contribution in [0.2, 0.25) is 0 Å². The van der Waals surface area contributed by atoms with Crippen LogP contribution in [0.4, 0.5) is 4.79 Å². The number of ether oxygens (including phenoxy) is 1. The van der Waals surface area contributed by atoms with Crippen LogP contribution in [0.5, 0.6) is 0 Å². The van der Waals surface area contributed by atoms with Gasteiger partial charge in [-0.25, -0.2) is 4.79 Å². The number of nitrogens with one attached hydrogen (secondary N) is 1. The van der Waals surface area contributed by atoms with E-state index in [1.165, 1.54) is 19.3 Å². The van der Waals surface area contributed by atoms with Crippen LogP contribution in [0.3, 0.4) is 0 Å². The molecule has 0 saturated heterocycles. The third kappa shape index (κ3) is 2.20. The zero-order valence-corrected chi connectivity index (χ0v) is 8.79. The van der Waals surface area contributed by atoms with E-state index in [9.17, 15) is 4.79 Å². The molecule has 2 bridgehead atoms. The lowest BCUT2D eigenvalue weighted by molar-refractivity contribution is 0.141. The molecule has 3 atom stereocenters. The van der Waals surface area contributed by atoms with E-state index in [2.05, 4.69) is 5.32 Å². The molecule has 0 aromatic heterocycles. The summed E-state index contributed by atoms with van der Waals surface area (Å²) in [6.07, 6.45) is 6.21. The Kier molecular flexibility index (Phi) is 2.94. The summed E-state index contributed by atoms with van der Waals surface area (Å²) in [7, 11) is 0. The predicted octanol–water partition coefficient (Wildman–Crippen LogP) is 2.31. The van der Waals surface area contributed by atoms with Crippen LogP contribution in [-0.2, 0) is 4.74 Å². The lowest BCUT2D eigenvalue weighted by atomic mass is 9.85. The molecular formula is C11H19NO2. The Labute approximate surface area is 85.2 Å². The molecule has 2 aliphatic carbocycles. The van der Waals surface area contributed by atoms with Crippen molar-refractivity contribution >= 4 is 6.09 Å². The van der Waals surface area contributed by atoms with Crippen LogP contribution in [-0.4, -0.2) is 18.7 Å². The highest BCUT2D eigenvalue weighted by molar-refractivity contribution is 5.67. The molecule has 0 heterocycles. The number of hydrogen-bond donors (Lipinski definition) is 1. The Hall–Kier alpha value is -0.730. The van der Waals surface area contributed by atoms with E-state index in [0.29, 0.717) is 12.6 Å². The molecule has 1 amide bonds. The average molecular weight is 197 g/mol. The number of carbonyl (C=O) groups is 1. The molecule has 2 rings (SSSR count). The molecule has 3 heteroatoms. The van der Waals surface area contributed by atoms with E-state index in [1.54, 1.807) is 0 Å². The second-order valence-electron chi connectivity index (χ2n) is 4.58. The second kappa shape index (κ2) is 4.20. The Morgan fingerprint density at radius 3 is 2.50 bits per heavy atom. The SMILES string of the molecule is CCOC(=O)NC1C[C@H]2CC[C@@H](C1)C2. The van der Waals surface area contributed by atoms with Gasteiger partial charge < -0.3 is 10.1 Å². The van der Waals surface area contributed by atoms with E-state index >= 15 is 0 Å². The van der Waals surface area contributed by atoms with Gasteiger partial charge in [-0.2, -0.15) is 0 Å². The van der Waals surface area contributed by atoms with Crippen molar-refractivity contribution in [2.24, 2.45) is 11.8 Å². The maximum absolute atomic E-state index is 11.2. The average Bonchev–Trinajstić information content (AvgIpc) is 2.46.